The molecule has 0 spiro atoms. The molecule has 0 radical (unpaired) electrons. The van der Waals surface area contributed by atoms with Crippen LogP contribution in [0.3, 0.4) is 0 Å². The maximum atomic E-state index is 14.0. The van der Waals surface area contributed by atoms with E-state index in [1.165, 1.54) is 18.2 Å². The minimum Gasteiger partial charge on any atom is -0.406 e. The van der Waals surface area contributed by atoms with Crippen molar-refractivity contribution in [3.05, 3.63) is 72.1 Å². The van der Waals surface area contributed by atoms with Crippen LogP contribution in [0.15, 0.2) is 60.7 Å². The molecule has 1 aromatic rings. The molecule has 3 aliphatic rings. The number of fused-ring (bicyclic) bond motifs is 1. The SMILES string of the molecule is FC1=C(c2nc3ccn(Cc4cccc(OC(F)(F)F)c4)cc-3n2)C=CCC1. The summed E-state index contributed by atoms with van der Waals surface area (Å²) in [5, 5.41) is 0. The standard InChI is InChI=1S/C20H15F4N3O/c21-16-7-2-1-6-15(16)19-25-17-8-9-27(12-18(17)26-19)11-13-4-3-5-14(10-13)28-20(22,23)24/h1,3-6,8-10,12H,2,7,11H2. The number of aromatic nitrogens is 3. The Morgan fingerprint density at radius 2 is 1.93 bits per heavy atom. The van der Waals surface area contributed by atoms with E-state index >= 15 is 0 Å². The Hall–Kier alpha value is -3.16. The van der Waals surface area contributed by atoms with Gasteiger partial charge in [-0.2, -0.15) is 0 Å². The number of alkyl halides is 3. The Labute approximate surface area is 158 Å². The molecular formula is C20H15F4N3O. The molecule has 0 saturated heterocycles. The van der Waals surface area contributed by atoms with Gasteiger partial charge in [0.1, 0.15) is 17.3 Å². The first-order valence-corrected chi connectivity index (χ1v) is 8.61. The Kier molecular flexibility index (Phi) is 4.62. The first kappa shape index (κ1) is 18.2. The molecule has 4 nitrogen and oxygen atoms in total. The highest BCUT2D eigenvalue weighted by atomic mass is 19.4. The lowest BCUT2D eigenvalue weighted by Gasteiger charge is -2.11. The third-order valence-corrected chi connectivity index (χ3v) is 4.27. The smallest absolute Gasteiger partial charge is 0.406 e. The van der Waals surface area contributed by atoms with Crippen LogP contribution in [0.4, 0.5) is 17.6 Å². The Bertz CT molecular complexity index is 1040. The lowest BCUT2D eigenvalue weighted by molar-refractivity contribution is -0.274. The van der Waals surface area contributed by atoms with E-state index in [-0.39, 0.29) is 11.6 Å². The van der Waals surface area contributed by atoms with Crippen molar-refractivity contribution in [2.45, 2.75) is 25.7 Å². The van der Waals surface area contributed by atoms with Crippen LogP contribution in [0.25, 0.3) is 17.0 Å². The average molecular weight is 389 g/mol. The van der Waals surface area contributed by atoms with E-state index in [0.29, 0.717) is 47.7 Å². The van der Waals surface area contributed by atoms with Gasteiger partial charge in [0.05, 0.1) is 11.3 Å². The third-order valence-electron chi connectivity index (χ3n) is 4.27. The first-order chi connectivity index (χ1) is 13.4. The van der Waals surface area contributed by atoms with E-state index in [1.54, 1.807) is 35.2 Å². The number of allylic oxidation sites excluding steroid dienone is 4. The maximum absolute atomic E-state index is 14.0. The molecule has 0 aromatic heterocycles. The Morgan fingerprint density at radius 3 is 2.71 bits per heavy atom. The van der Waals surface area contributed by atoms with E-state index in [1.807, 2.05) is 6.08 Å². The molecule has 0 unspecified atom stereocenters. The van der Waals surface area contributed by atoms with E-state index in [9.17, 15) is 17.6 Å². The summed E-state index contributed by atoms with van der Waals surface area (Å²) in [7, 11) is 0. The number of imidazole rings is 1. The topological polar surface area (TPSA) is 39.9 Å². The van der Waals surface area contributed by atoms with Crippen LogP contribution in [-0.4, -0.2) is 20.9 Å². The lowest BCUT2D eigenvalue weighted by atomic mass is 10.1. The van der Waals surface area contributed by atoms with Gasteiger partial charge in [-0.1, -0.05) is 24.3 Å². The van der Waals surface area contributed by atoms with Crippen LogP contribution in [0.1, 0.15) is 24.2 Å². The molecule has 28 heavy (non-hydrogen) atoms. The summed E-state index contributed by atoms with van der Waals surface area (Å²) in [5.74, 6) is -0.164. The molecule has 4 rings (SSSR count). The molecule has 0 N–H and O–H groups in total. The number of nitrogens with zero attached hydrogens (tertiary/aromatic N) is 3. The van der Waals surface area contributed by atoms with Gasteiger partial charge in [0.25, 0.3) is 0 Å². The molecule has 0 atom stereocenters. The van der Waals surface area contributed by atoms with E-state index in [2.05, 4.69) is 14.7 Å². The molecule has 0 amide bonds. The van der Waals surface area contributed by atoms with Crippen LogP contribution in [0.2, 0.25) is 0 Å². The van der Waals surface area contributed by atoms with Gasteiger partial charge < -0.3 is 9.30 Å². The molecule has 2 heterocycles. The van der Waals surface area contributed by atoms with E-state index in [4.69, 9.17) is 0 Å². The summed E-state index contributed by atoms with van der Waals surface area (Å²) in [6.07, 6.45) is 3.32. The van der Waals surface area contributed by atoms with E-state index in [0.717, 1.165) is 0 Å². The monoisotopic (exact) mass is 389 g/mol. The molecular weight excluding hydrogens is 374 g/mol. The van der Waals surface area contributed by atoms with Crippen molar-refractivity contribution < 1.29 is 22.3 Å². The van der Waals surface area contributed by atoms with Crippen LogP contribution in [0.5, 0.6) is 5.75 Å². The van der Waals surface area contributed by atoms with Crippen molar-refractivity contribution in [1.82, 2.24) is 14.5 Å². The fourth-order valence-electron chi connectivity index (χ4n) is 3.05. The van der Waals surface area contributed by atoms with Crippen LogP contribution in [-0.2, 0) is 6.54 Å². The second-order valence-corrected chi connectivity index (χ2v) is 6.39. The van der Waals surface area contributed by atoms with Crippen molar-refractivity contribution >= 4 is 5.57 Å². The fraction of sp³-hybridized carbons (Fsp3) is 0.200. The lowest BCUT2D eigenvalue weighted by Crippen LogP contribution is -2.17. The number of hydrogen-bond acceptors (Lipinski definition) is 3. The summed E-state index contributed by atoms with van der Waals surface area (Å²) in [4.78, 5) is 8.77. The Morgan fingerprint density at radius 1 is 1.11 bits per heavy atom. The fourth-order valence-corrected chi connectivity index (χ4v) is 3.05. The summed E-state index contributed by atoms with van der Waals surface area (Å²) >= 11 is 0. The van der Waals surface area contributed by atoms with Crippen molar-refractivity contribution in [3.8, 4) is 17.1 Å². The zero-order valence-corrected chi connectivity index (χ0v) is 14.6. The van der Waals surface area contributed by atoms with Crippen molar-refractivity contribution in [2.24, 2.45) is 0 Å². The second-order valence-electron chi connectivity index (χ2n) is 6.39. The van der Waals surface area contributed by atoms with Gasteiger partial charge in [0.2, 0.25) is 0 Å². The predicted octanol–water partition coefficient (Wildman–Crippen LogP) is 5.36. The zero-order chi connectivity index (χ0) is 19.7. The number of hydrogen-bond donors (Lipinski definition) is 0. The van der Waals surface area contributed by atoms with Gasteiger partial charge in [0.15, 0.2) is 5.82 Å². The van der Waals surface area contributed by atoms with Crippen LogP contribution in [0, 0.1) is 0 Å². The summed E-state index contributed by atoms with van der Waals surface area (Å²) < 4.78 is 56.9. The minimum atomic E-state index is -4.73. The predicted molar refractivity (Wildman–Crippen MR) is 95.3 cm³/mol. The van der Waals surface area contributed by atoms with Crippen molar-refractivity contribution in [1.29, 1.82) is 0 Å². The summed E-state index contributed by atoms with van der Waals surface area (Å²) in [6.45, 7) is 0.324. The molecule has 2 aliphatic heterocycles. The summed E-state index contributed by atoms with van der Waals surface area (Å²) in [6, 6.07) is 7.53. The number of pyridine rings is 1. The molecule has 1 aromatic carbocycles. The molecule has 0 fully saturated rings. The normalized spacial score (nSPS) is 14.7. The van der Waals surface area contributed by atoms with Crippen molar-refractivity contribution in [3.63, 3.8) is 0 Å². The molecule has 0 saturated carbocycles. The Balaban J connectivity index is 1.58. The highest BCUT2D eigenvalue weighted by molar-refractivity contribution is 5.75. The highest BCUT2D eigenvalue weighted by Gasteiger charge is 2.31. The third kappa shape index (κ3) is 4.05. The molecule has 144 valence electrons. The highest BCUT2D eigenvalue weighted by Crippen LogP contribution is 2.30. The average Bonchev–Trinajstić information content (AvgIpc) is 3.04. The van der Waals surface area contributed by atoms with Gasteiger partial charge in [-0.05, 0) is 30.2 Å². The first-order valence-electron chi connectivity index (χ1n) is 8.61. The molecule has 0 bridgehead atoms. The quantitative estimate of drug-likeness (QED) is 0.564. The molecule has 1 aliphatic carbocycles. The van der Waals surface area contributed by atoms with Crippen LogP contribution >= 0.6 is 0 Å². The van der Waals surface area contributed by atoms with Crippen LogP contribution < -0.4 is 4.74 Å². The van der Waals surface area contributed by atoms with Crippen molar-refractivity contribution in [2.75, 3.05) is 0 Å². The largest absolute Gasteiger partial charge is 0.573 e. The number of rotatable bonds is 4. The maximum Gasteiger partial charge on any atom is 0.573 e. The minimum absolute atomic E-state index is 0.229. The second kappa shape index (κ2) is 7.10. The van der Waals surface area contributed by atoms with Gasteiger partial charge in [0, 0.05) is 25.4 Å². The number of halogens is 4. The van der Waals surface area contributed by atoms with Gasteiger partial charge in [-0.3, -0.25) is 0 Å². The number of ether oxygens (including phenoxy) is 1. The van der Waals surface area contributed by atoms with Gasteiger partial charge >= 0.3 is 6.36 Å². The van der Waals surface area contributed by atoms with Gasteiger partial charge in [-0.25, -0.2) is 14.4 Å². The zero-order valence-electron chi connectivity index (χ0n) is 14.6. The molecule has 8 heteroatoms. The summed E-state index contributed by atoms with van der Waals surface area (Å²) in [5.41, 5.74) is 2.24. The van der Waals surface area contributed by atoms with E-state index < -0.39 is 6.36 Å². The van der Waals surface area contributed by atoms with Gasteiger partial charge in [-0.15, -0.1) is 13.2 Å². The number of benzene rings is 1.